The minimum Gasteiger partial charge on any atom is -0.504 e. The number of para-hydroxylation sites is 1. The Balaban J connectivity index is 2.40. The van der Waals surface area contributed by atoms with Crippen LogP contribution in [0.1, 0.15) is 25.8 Å². The average molecular weight is 178 g/mol. The minimum absolute atomic E-state index is 0.124. The van der Waals surface area contributed by atoms with Gasteiger partial charge in [0.1, 0.15) is 5.60 Å². The van der Waals surface area contributed by atoms with E-state index in [0.29, 0.717) is 5.75 Å². The third-order valence-electron chi connectivity index (χ3n) is 2.74. The summed E-state index contributed by atoms with van der Waals surface area (Å²) in [5.74, 6) is 0.932. The number of ether oxygens (including phenoxy) is 1. The lowest BCUT2D eigenvalue weighted by Crippen LogP contribution is -2.28. The topological polar surface area (TPSA) is 29.5 Å². The van der Waals surface area contributed by atoms with E-state index in [1.165, 1.54) is 0 Å². The molecule has 0 spiro atoms. The second kappa shape index (κ2) is 2.66. The summed E-state index contributed by atoms with van der Waals surface area (Å²) in [6.45, 7) is 4.18. The van der Waals surface area contributed by atoms with Crippen LogP contribution in [0.2, 0.25) is 0 Å². The van der Waals surface area contributed by atoms with E-state index in [0.717, 1.165) is 18.4 Å². The molecule has 1 heterocycles. The standard InChI is InChI=1S/C11H14O2/c1-3-11(2)7-8-5-4-6-9(12)10(8)13-11/h4-6,12H,3,7H2,1-2H3. The number of hydrogen-bond acceptors (Lipinski definition) is 2. The maximum Gasteiger partial charge on any atom is 0.165 e. The third kappa shape index (κ3) is 1.26. The molecule has 0 aliphatic carbocycles. The van der Waals surface area contributed by atoms with Crippen molar-refractivity contribution in [3.63, 3.8) is 0 Å². The molecule has 1 aromatic carbocycles. The normalized spacial score (nSPS) is 25.4. The van der Waals surface area contributed by atoms with Gasteiger partial charge in [0, 0.05) is 12.0 Å². The molecule has 0 saturated carbocycles. The highest BCUT2D eigenvalue weighted by Gasteiger charge is 2.34. The third-order valence-corrected chi connectivity index (χ3v) is 2.74. The monoisotopic (exact) mass is 178 g/mol. The van der Waals surface area contributed by atoms with Crippen LogP contribution in [-0.4, -0.2) is 10.7 Å². The minimum atomic E-state index is -0.124. The van der Waals surface area contributed by atoms with E-state index in [1.807, 2.05) is 12.1 Å². The summed E-state index contributed by atoms with van der Waals surface area (Å²) in [6.07, 6.45) is 1.86. The molecule has 0 fully saturated rings. The Kier molecular flexibility index (Phi) is 1.72. The van der Waals surface area contributed by atoms with Crippen LogP contribution in [0.15, 0.2) is 18.2 Å². The van der Waals surface area contributed by atoms with Crippen molar-refractivity contribution >= 4 is 0 Å². The Bertz CT molecular complexity index is 333. The summed E-state index contributed by atoms with van der Waals surface area (Å²) in [7, 11) is 0. The molecule has 0 bridgehead atoms. The van der Waals surface area contributed by atoms with Gasteiger partial charge in [0.05, 0.1) is 0 Å². The molecule has 1 aliphatic rings. The zero-order valence-corrected chi connectivity index (χ0v) is 8.00. The Labute approximate surface area is 78.2 Å². The summed E-state index contributed by atoms with van der Waals surface area (Å²) in [5.41, 5.74) is 0.991. The van der Waals surface area contributed by atoms with Gasteiger partial charge in [-0.25, -0.2) is 0 Å². The van der Waals surface area contributed by atoms with Gasteiger partial charge < -0.3 is 9.84 Å². The molecule has 2 nitrogen and oxygen atoms in total. The second-order valence-corrected chi connectivity index (χ2v) is 3.85. The first kappa shape index (κ1) is 8.42. The highest BCUT2D eigenvalue weighted by atomic mass is 16.5. The van der Waals surface area contributed by atoms with Gasteiger partial charge in [0.2, 0.25) is 0 Å². The van der Waals surface area contributed by atoms with Gasteiger partial charge in [-0.1, -0.05) is 19.1 Å². The van der Waals surface area contributed by atoms with E-state index in [1.54, 1.807) is 6.07 Å². The fourth-order valence-corrected chi connectivity index (χ4v) is 1.71. The molecule has 0 radical (unpaired) electrons. The fraction of sp³-hybridized carbons (Fsp3) is 0.455. The SMILES string of the molecule is CCC1(C)Cc2cccc(O)c2O1. The number of aromatic hydroxyl groups is 1. The van der Waals surface area contributed by atoms with Gasteiger partial charge >= 0.3 is 0 Å². The predicted molar refractivity (Wildman–Crippen MR) is 51.1 cm³/mol. The van der Waals surface area contributed by atoms with Crippen LogP contribution in [0.4, 0.5) is 0 Å². The van der Waals surface area contributed by atoms with Crippen LogP contribution in [0.25, 0.3) is 0 Å². The van der Waals surface area contributed by atoms with Gasteiger partial charge in [-0.2, -0.15) is 0 Å². The second-order valence-electron chi connectivity index (χ2n) is 3.85. The van der Waals surface area contributed by atoms with Crippen molar-refractivity contribution in [3.8, 4) is 11.5 Å². The first-order valence-corrected chi connectivity index (χ1v) is 4.64. The molecule has 1 aliphatic heterocycles. The van der Waals surface area contributed by atoms with E-state index in [-0.39, 0.29) is 11.4 Å². The van der Waals surface area contributed by atoms with E-state index in [2.05, 4.69) is 13.8 Å². The van der Waals surface area contributed by atoms with E-state index < -0.39 is 0 Å². The van der Waals surface area contributed by atoms with E-state index in [9.17, 15) is 5.11 Å². The number of hydrogen-bond donors (Lipinski definition) is 1. The van der Waals surface area contributed by atoms with Gasteiger partial charge in [0.15, 0.2) is 11.5 Å². The van der Waals surface area contributed by atoms with Gasteiger partial charge in [-0.05, 0) is 19.4 Å². The van der Waals surface area contributed by atoms with Gasteiger partial charge in [-0.3, -0.25) is 0 Å². The Morgan fingerprint density at radius 3 is 2.92 bits per heavy atom. The van der Waals surface area contributed by atoms with Crippen LogP contribution in [0.5, 0.6) is 11.5 Å². The molecule has 0 aromatic heterocycles. The predicted octanol–water partition coefficient (Wildman–Crippen LogP) is 2.50. The lowest BCUT2D eigenvalue weighted by Gasteiger charge is -2.21. The smallest absolute Gasteiger partial charge is 0.165 e. The van der Waals surface area contributed by atoms with Crippen LogP contribution in [0, 0.1) is 0 Å². The van der Waals surface area contributed by atoms with Crippen molar-refractivity contribution in [1.82, 2.24) is 0 Å². The summed E-state index contributed by atoms with van der Waals surface area (Å²) in [5, 5.41) is 9.53. The summed E-state index contributed by atoms with van der Waals surface area (Å²) in [6, 6.07) is 5.54. The number of rotatable bonds is 1. The highest BCUT2D eigenvalue weighted by molar-refractivity contribution is 5.49. The van der Waals surface area contributed by atoms with Crippen LogP contribution >= 0.6 is 0 Å². The molecule has 1 aromatic rings. The number of benzene rings is 1. The lowest BCUT2D eigenvalue weighted by molar-refractivity contribution is 0.108. The summed E-state index contributed by atoms with van der Waals surface area (Å²) in [4.78, 5) is 0. The summed E-state index contributed by atoms with van der Waals surface area (Å²) < 4.78 is 5.72. The molecule has 1 N–H and O–H groups in total. The Morgan fingerprint density at radius 1 is 1.54 bits per heavy atom. The number of phenols is 1. The molecule has 70 valence electrons. The van der Waals surface area contributed by atoms with E-state index in [4.69, 9.17) is 4.74 Å². The van der Waals surface area contributed by atoms with Crippen molar-refractivity contribution in [2.45, 2.75) is 32.3 Å². The quantitative estimate of drug-likeness (QED) is 0.716. The molecule has 0 saturated heterocycles. The molecular formula is C11H14O2. The number of fused-ring (bicyclic) bond motifs is 1. The van der Waals surface area contributed by atoms with Crippen LogP contribution < -0.4 is 4.74 Å². The first-order chi connectivity index (χ1) is 6.14. The van der Waals surface area contributed by atoms with Crippen LogP contribution in [-0.2, 0) is 6.42 Å². The molecule has 2 rings (SSSR count). The van der Waals surface area contributed by atoms with Crippen LogP contribution in [0.3, 0.4) is 0 Å². The van der Waals surface area contributed by atoms with Gasteiger partial charge in [0.25, 0.3) is 0 Å². The Morgan fingerprint density at radius 2 is 2.31 bits per heavy atom. The van der Waals surface area contributed by atoms with Crippen molar-refractivity contribution < 1.29 is 9.84 Å². The fourth-order valence-electron chi connectivity index (χ4n) is 1.71. The summed E-state index contributed by atoms with van der Waals surface area (Å²) >= 11 is 0. The number of phenolic OH excluding ortho intramolecular Hbond substituents is 1. The average Bonchev–Trinajstić information content (AvgIpc) is 2.45. The van der Waals surface area contributed by atoms with E-state index >= 15 is 0 Å². The zero-order valence-electron chi connectivity index (χ0n) is 8.00. The Hall–Kier alpha value is -1.18. The first-order valence-electron chi connectivity index (χ1n) is 4.64. The van der Waals surface area contributed by atoms with Crippen molar-refractivity contribution in [2.24, 2.45) is 0 Å². The van der Waals surface area contributed by atoms with Crippen molar-refractivity contribution in [2.75, 3.05) is 0 Å². The maximum atomic E-state index is 9.53. The highest BCUT2D eigenvalue weighted by Crippen LogP contribution is 2.42. The molecular weight excluding hydrogens is 164 g/mol. The molecule has 0 amide bonds. The van der Waals surface area contributed by atoms with Gasteiger partial charge in [-0.15, -0.1) is 0 Å². The van der Waals surface area contributed by atoms with Crippen molar-refractivity contribution in [3.05, 3.63) is 23.8 Å². The zero-order chi connectivity index (χ0) is 9.47. The lowest BCUT2D eigenvalue weighted by atomic mass is 9.97. The maximum absolute atomic E-state index is 9.53. The molecule has 13 heavy (non-hydrogen) atoms. The molecule has 1 unspecified atom stereocenters. The largest absolute Gasteiger partial charge is 0.504 e. The molecule has 2 heteroatoms. The van der Waals surface area contributed by atoms with Crippen molar-refractivity contribution in [1.29, 1.82) is 0 Å². The molecule has 1 atom stereocenters.